The number of carbonyl (C=O) groups excluding carboxylic acids is 1. The third-order valence-corrected chi connectivity index (χ3v) is 7.56. The van der Waals surface area contributed by atoms with Crippen LogP contribution in [0.4, 0.5) is 5.69 Å². The number of halogens is 1. The SMILES string of the molecule is COc1cc(CNC(=O)CN(c2cc(Cl)ccc2C)S(=O)(=O)c2ccc(C)cc2)cc(OC)c1OC. The summed E-state index contributed by atoms with van der Waals surface area (Å²) in [6, 6.07) is 14.8. The van der Waals surface area contributed by atoms with Gasteiger partial charge in [-0.1, -0.05) is 35.4 Å². The van der Waals surface area contributed by atoms with Gasteiger partial charge in [-0.2, -0.15) is 0 Å². The number of hydrogen-bond donors (Lipinski definition) is 1. The Bertz CT molecular complexity index is 1320. The molecule has 0 atom stereocenters. The molecule has 10 heteroatoms. The van der Waals surface area contributed by atoms with E-state index in [2.05, 4.69) is 5.32 Å². The highest BCUT2D eigenvalue weighted by Crippen LogP contribution is 2.38. The zero-order valence-corrected chi connectivity index (χ0v) is 22.4. The number of carbonyl (C=O) groups is 1. The van der Waals surface area contributed by atoms with E-state index in [0.717, 1.165) is 9.87 Å². The molecule has 0 saturated carbocycles. The number of amides is 1. The summed E-state index contributed by atoms with van der Waals surface area (Å²) in [5.41, 5.74) is 2.59. The maximum Gasteiger partial charge on any atom is 0.264 e. The van der Waals surface area contributed by atoms with Crippen molar-refractivity contribution < 1.29 is 27.4 Å². The first kappa shape index (κ1) is 27.2. The van der Waals surface area contributed by atoms with Crippen molar-refractivity contribution >= 4 is 33.2 Å². The van der Waals surface area contributed by atoms with Crippen LogP contribution in [-0.2, 0) is 21.4 Å². The van der Waals surface area contributed by atoms with Crippen LogP contribution in [0.1, 0.15) is 16.7 Å². The molecule has 0 aliphatic rings. The number of nitrogens with one attached hydrogen (secondary N) is 1. The minimum Gasteiger partial charge on any atom is -0.493 e. The van der Waals surface area contributed by atoms with Crippen molar-refractivity contribution in [2.45, 2.75) is 25.3 Å². The number of hydrogen-bond acceptors (Lipinski definition) is 6. The van der Waals surface area contributed by atoms with Gasteiger partial charge in [-0.05, 0) is 61.4 Å². The maximum absolute atomic E-state index is 13.6. The molecule has 0 radical (unpaired) electrons. The lowest BCUT2D eigenvalue weighted by Crippen LogP contribution is -2.41. The predicted octanol–water partition coefficient (Wildman–Crippen LogP) is 4.49. The molecular weight excluding hydrogens is 504 g/mol. The number of sulfonamides is 1. The summed E-state index contributed by atoms with van der Waals surface area (Å²) in [4.78, 5) is 13.1. The van der Waals surface area contributed by atoms with Gasteiger partial charge in [0.05, 0.1) is 31.9 Å². The van der Waals surface area contributed by atoms with E-state index in [4.69, 9.17) is 25.8 Å². The van der Waals surface area contributed by atoms with Gasteiger partial charge in [-0.3, -0.25) is 9.10 Å². The minimum atomic E-state index is -4.06. The summed E-state index contributed by atoms with van der Waals surface area (Å²) in [5, 5.41) is 3.13. The third-order valence-electron chi connectivity index (χ3n) is 5.55. The van der Waals surface area contributed by atoms with Gasteiger partial charge < -0.3 is 19.5 Å². The second kappa shape index (κ2) is 11.5. The van der Waals surface area contributed by atoms with Crippen LogP contribution in [-0.4, -0.2) is 42.2 Å². The lowest BCUT2D eigenvalue weighted by atomic mass is 10.1. The van der Waals surface area contributed by atoms with Crippen LogP contribution in [0.2, 0.25) is 5.02 Å². The number of aryl methyl sites for hydroxylation is 2. The maximum atomic E-state index is 13.6. The van der Waals surface area contributed by atoms with Crippen LogP contribution < -0.4 is 23.8 Å². The molecule has 1 N–H and O–H groups in total. The molecule has 0 heterocycles. The lowest BCUT2D eigenvalue weighted by Gasteiger charge is -2.26. The average Bonchev–Trinajstić information content (AvgIpc) is 2.87. The van der Waals surface area contributed by atoms with E-state index in [1.165, 1.54) is 39.5 Å². The molecule has 0 spiro atoms. The van der Waals surface area contributed by atoms with Gasteiger partial charge >= 0.3 is 0 Å². The highest BCUT2D eigenvalue weighted by atomic mass is 35.5. The first-order valence-electron chi connectivity index (χ1n) is 11.0. The highest BCUT2D eigenvalue weighted by molar-refractivity contribution is 7.92. The standard InChI is InChI=1S/C26H29ClN2O6S/c1-17-6-10-21(11-7-17)36(31,32)29(22-14-20(27)9-8-18(22)2)16-25(30)28-15-19-12-23(33-3)26(35-5)24(13-19)34-4/h6-14H,15-16H2,1-5H3,(H,28,30). The van der Waals surface area contributed by atoms with E-state index >= 15 is 0 Å². The van der Waals surface area contributed by atoms with Gasteiger partial charge in [0.25, 0.3) is 10.0 Å². The van der Waals surface area contributed by atoms with Crippen molar-refractivity contribution in [1.82, 2.24) is 5.32 Å². The third kappa shape index (κ3) is 6.03. The summed E-state index contributed by atoms with van der Waals surface area (Å²) in [6.45, 7) is 3.30. The Labute approximate surface area is 216 Å². The van der Waals surface area contributed by atoms with E-state index in [1.54, 1.807) is 43.3 Å². The molecule has 36 heavy (non-hydrogen) atoms. The van der Waals surface area contributed by atoms with Crippen molar-refractivity contribution in [3.8, 4) is 17.2 Å². The number of nitrogens with zero attached hydrogens (tertiary/aromatic N) is 1. The molecule has 3 aromatic carbocycles. The molecule has 1 amide bonds. The van der Waals surface area contributed by atoms with Crippen molar-refractivity contribution in [3.63, 3.8) is 0 Å². The molecule has 0 fully saturated rings. The highest BCUT2D eigenvalue weighted by Gasteiger charge is 2.28. The summed E-state index contributed by atoms with van der Waals surface area (Å²) >= 11 is 6.18. The largest absolute Gasteiger partial charge is 0.493 e. The molecule has 0 unspecified atom stereocenters. The van der Waals surface area contributed by atoms with Crippen molar-refractivity contribution in [3.05, 3.63) is 76.3 Å². The van der Waals surface area contributed by atoms with E-state index in [1.807, 2.05) is 6.92 Å². The summed E-state index contributed by atoms with van der Waals surface area (Å²) in [5.74, 6) is 0.819. The smallest absolute Gasteiger partial charge is 0.264 e. The fourth-order valence-electron chi connectivity index (χ4n) is 3.61. The lowest BCUT2D eigenvalue weighted by molar-refractivity contribution is -0.119. The molecule has 3 aromatic rings. The number of benzene rings is 3. The van der Waals surface area contributed by atoms with Crippen molar-refractivity contribution in [2.24, 2.45) is 0 Å². The summed E-state index contributed by atoms with van der Waals surface area (Å²) in [6.07, 6.45) is 0. The number of anilines is 1. The molecule has 0 aliphatic carbocycles. The van der Waals surface area contributed by atoms with Gasteiger partial charge in [0, 0.05) is 11.6 Å². The number of ether oxygens (including phenoxy) is 3. The zero-order chi connectivity index (χ0) is 26.5. The molecule has 0 bridgehead atoms. The quantitative estimate of drug-likeness (QED) is 0.413. The molecule has 0 saturated heterocycles. The Hall–Kier alpha value is -3.43. The second-order valence-corrected chi connectivity index (χ2v) is 10.4. The Balaban J connectivity index is 1.90. The van der Waals surface area contributed by atoms with Gasteiger partial charge in [0.15, 0.2) is 11.5 Å². The topological polar surface area (TPSA) is 94.2 Å². The van der Waals surface area contributed by atoms with Gasteiger partial charge in [0.1, 0.15) is 6.54 Å². The number of rotatable bonds is 10. The number of methoxy groups -OCH3 is 3. The van der Waals surface area contributed by atoms with Crippen LogP contribution in [0.25, 0.3) is 0 Å². The van der Waals surface area contributed by atoms with E-state index in [9.17, 15) is 13.2 Å². The summed E-state index contributed by atoms with van der Waals surface area (Å²) in [7, 11) is 0.443. The van der Waals surface area contributed by atoms with Crippen LogP contribution in [0, 0.1) is 13.8 Å². The normalized spacial score (nSPS) is 11.1. The minimum absolute atomic E-state index is 0.0740. The van der Waals surface area contributed by atoms with Gasteiger partial charge in [-0.15, -0.1) is 0 Å². The monoisotopic (exact) mass is 532 g/mol. The van der Waals surface area contributed by atoms with Crippen LogP contribution >= 0.6 is 11.6 Å². The second-order valence-electron chi connectivity index (χ2n) is 8.07. The predicted molar refractivity (Wildman–Crippen MR) is 140 cm³/mol. The zero-order valence-electron chi connectivity index (χ0n) is 20.8. The first-order valence-corrected chi connectivity index (χ1v) is 12.8. The molecule has 192 valence electrons. The van der Waals surface area contributed by atoms with E-state index < -0.39 is 22.5 Å². The van der Waals surface area contributed by atoms with E-state index in [-0.39, 0.29) is 11.4 Å². The Kier molecular flexibility index (Phi) is 8.70. The Morgan fingerprint density at radius 1 is 0.917 bits per heavy atom. The first-order chi connectivity index (χ1) is 17.1. The Morgan fingerprint density at radius 3 is 2.08 bits per heavy atom. The van der Waals surface area contributed by atoms with Gasteiger partial charge in [0.2, 0.25) is 11.7 Å². The molecular formula is C26H29ClN2O6S. The van der Waals surface area contributed by atoms with Crippen molar-refractivity contribution in [1.29, 1.82) is 0 Å². The molecule has 8 nitrogen and oxygen atoms in total. The fourth-order valence-corrected chi connectivity index (χ4v) is 5.26. The average molecular weight is 533 g/mol. The van der Waals surface area contributed by atoms with Gasteiger partial charge in [-0.25, -0.2) is 8.42 Å². The van der Waals surface area contributed by atoms with Crippen LogP contribution in [0.3, 0.4) is 0 Å². The van der Waals surface area contributed by atoms with Crippen LogP contribution in [0.5, 0.6) is 17.2 Å². The molecule has 0 aliphatic heterocycles. The Morgan fingerprint density at radius 2 is 1.53 bits per heavy atom. The molecule has 3 rings (SSSR count). The summed E-state index contributed by atoms with van der Waals surface area (Å²) < 4.78 is 44.3. The molecule has 0 aromatic heterocycles. The van der Waals surface area contributed by atoms with Crippen LogP contribution in [0.15, 0.2) is 59.5 Å². The fraction of sp³-hybridized carbons (Fsp3) is 0.269. The van der Waals surface area contributed by atoms with E-state index in [0.29, 0.717) is 39.1 Å². The van der Waals surface area contributed by atoms with Crippen molar-refractivity contribution in [2.75, 3.05) is 32.2 Å².